The Morgan fingerprint density at radius 1 is 1.31 bits per heavy atom. The monoisotopic (exact) mass is 234 g/mol. The summed E-state index contributed by atoms with van der Waals surface area (Å²) < 4.78 is 0. The fourth-order valence-corrected chi connectivity index (χ4v) is 3.32. The molecule has 2 atom stereocenters. The van der Waals surface area contributed by atoms with Crippen molar-refractivity contribution in [2.24, 2.45) is 0 Å². The number of para-hydroxylation sites is 1. The van der Waals surface area contributed by atoms with E-state index < -0.39 is 5.54 Å². The third-order valence-corrected chi connectivity index (χ3v) is 4.23. The molecule has 1 aromatic carbocycles. The zero-order valence-electron chi connectivity index (χ0n) is 8.64. The molecule has 2 fully saturated rings. The number of hydrogen-bond donors (Lipinski definition) is 1. The number of fused-ring (bicyclic) bond motifs is 1. The van der Waals surface area contributed by atoms with Crippen LogP contribution in [-0.2, 0) is 4.79 Å². The number of rotatable bonds is 1. The van der Waals surface area contributed by atoms with Gasteiger partial charge in [0.2, 0.25) is 0 Å². The van der Waals surface area contributed by atoms with Crippen molar-refractivity contribution < 1.29 is 9.59 Å². The molecule has 2 heterocycles. The molecule has 3 rings (SSSR count). The standard InChI is InChI=1S/C11H10N2O2S/c1-11-8(14)13(7-5-3-2-4-6-7)9(11)16-10(15)12-11/h2-6,9H,1H3,(H,12,15). The van der Waals surface area contributed by atoms with Gasteiger partial charge in [-0.05, 0) is 30.8 Å². The van der Waals surface area contributed by atoms with Gasteiger partial charge in [-0.1, -0.05) is 18.2 Å². The predicted octanol–water partition coefficient (Wildman–Crippen LogP) is 1.57. The molecule has 2 amide bonds. The lowest BCUT2D eigenvalue weighted by Gasteiger charge is -2.48. The topological polar surface area (TPSA) is 49.4 Å². The van der Waals surface area contributed by atoms with E-state index in [2.05, 4.69) is 5.32 Å². The Kier molecular flexibility index (Phi) is 1.83. The Balaban J connectivity index is 1.96. The van der Waals surface area contributed by atoms with Crippen LogP contribution in [0.5, 0.6) is 0 Å². The van der Waals surface area contributed by atoms with Crippen LogP contribution in [0.3, 0.4) is 0 Å². The molecule has 5 heteroatoms. The van der Waals surface area contributed by atoms with Crippen molar-refractivity contribution in [1.82, 2.24) is 5.32 Å². The third kappa shape index (κ3) is 1.06. The van der Waals surface area contributed by atoms with E-state index in [1.54, 1.807) is 11.8 Å². The second-order valence-electron chi connectivity index (χ2n) is 4.10. The molecule has 0 spiro atoms. The van der Waals surface area contributed by atoms with Gasteiger partial charge in [-0.3, -0.25) is 14.5 Å². The fraction of sp³-hybridized carbons (Fsp3) is 0.273. The Labute approximate surface area is 97.0 Å². The molecule has 16 heavy (non-hydrogen) atoms. The number of carbonyl (C=O) groups is 2. The van der Waals surface area contributed by atoms with E-state index in [-0.39, 0.29) is 16.5 Å². The summed E-state index contributed by atoms with van der Waals surface area (Å²) in [7, 11) is 0. The highest BCUT2D eigenvalue weighted by Crippen LogP contribution is 2.46. The number of benzene rings is 1. The number of carbonyl (C=O) groups excluding carboxylic acids is 2. The predicted molar refractivity (Wildman–Crippen MR) is 62.2 cm³/mol. The van der Waals surface area contributed by atoms with Crippen LogP contribution < -0.4 is 10.2 Å². The molecule has 2 aliphatic rings. The number of anilines is 1. The maximum atomic E-state index is 12.0. The van der Waals surface area contributed by atoms with Crippen LogP contribution in [0.15, 0.2) is 30.3 Å². The lowest BCUT2D eigenvalue weighted by Crippen LogP contribution is -2.74. The first-order chi connectivity index (χ1) is 7.63. The summed E-state index contributed by atoms with van der Waals surface area (Å²) in [4.78, 5) is 25.0. The highest BCUT2D eigenvalue weighted by Gasteiger charge is 2.64. The maximum absolute atomic E-state index is 12.0. The van der Waals surface area contributed by atoms with E-state index in [1.165, 1.54) is 11.8 Å². The summed E-state index contributed by atoms with van der Waals surface area (Å²) in [5, 5.41) is 2.47. The summed E-state index contributed by atoms with van der Waals surface area (Å²) >= 11 is 1.18. The average molecular weight is 234 g/mol. The minimum atomic E-state index is -0.711. The summed E-state index contributed by atoms with van der Waals surface area (Å²) in [5.41, 5.74) is 0.136. The average Bonchev–Trinajstić information content (AvgIpc) is 2.54. The van der Waals surface area contributed by atoms with Crippen LogP contribution >= 0.6 is 11.8 Å². The number of thioether (sulfide) groups is 1. The second-order valence-corrected chi connectivity index (χ2v) is 5.15. The van der Waals surface area contributed by atoms with E-state index in [1.807, 2.05) is 30.3 Å². The molecule has 0 aromatic heterocycles. The van der Waals surface area contributed by atoms with Gasteiger partial charge in [0.15, 0.2) is 0 Å². The molecule has 82 valence electrons. The molecule has 1 aromatic rings. The van der Waals surface area contributed by atoms with Gasteiger partial charge in [0.1, 0.15) is 10.9 Å². The highest BCUT2D eigenvalue weighted by atomic mass is 32.2. The van der Waals surface area contributed by atoms with Crippen LogP contribution in [-0.4, -0.2) is 22.1 Å². The van der Waals surface area contributed by atoms with Gasteiger partial charge in [-0.25, -0.2) is 0 Å². The smallest absolute Gasteiger partial charge is 0.282 e. The van der Waals surface area contributed by atoms with Gasteiger partial charge in [-0.2, -0.15) is 0 Å². The minimum absolute atomic E-state index is 0.0398. The third-order valence-electron chi connectivity index (χ3n) is 3.01. The molecule has 2 unspecified atom stereocenters. The van der Waals surface area contributed by atoms with Crippen LogP contribution in [0.4, 0.5) is 10.5 Å². The first-order valence-electron chi connectivity index (χ1n) is 5.00. The zero-order valence-corrected chi connectivity index (χ0v) is 9.45. The van der Waals surface area contributed by atoms with Crippen molar-refractivity contribution in [3.8, 4) is 0 Å². The first-order valence-corrected chi connectivity index (χ1v) is 5.88. The van der Waals surface area contributed by atoms with Gasteiger partial charge >= 0.3 is 0 Å². The van der Waals surface area contributed by atoms with Crippen molar-refractivity contribution in [3.05, 3.63) is 30.3 Å². The molecule has 2 saturated heterocycles. The lowest BCUT2D eigenvalue weighted by molar-refractivity contribution is -0.129. The fourth-order valence-electron chi connectivity index (χ4n) is 2.12. The maximum Gasteiger partial charge on any atom is 0.282 e. The lowest BCUT2D eigenvalue weighted by atomic mass is 9.90. The van der Waals surface area contributed by atoms with E-state index in [0.29, 0.717) is 0 Å². The van der Waals surface area contributed by atoms with Crippen molar-refractivity contribution in [1.29, 1.82) is 0 Å². The molecule has 0 saturated carbocycles. The minimum Gasteiger partial charge on any atom is -0.330 e. The van der Waals surface area contributed by atoms with Gasteiger partial charge in [0.05, 0.1) is 0 Å². The van der Waals surface area contributed by atoms with Crippen LogP contribution in [0, 0.1) is 0 Å². The number of β-lactam (4-membered cyclic amide) rings is 1. The molecule has 0 radical (unpaired) electrons. The van der Waals surface area contributed by atoms with E-state index in [0.717, 1.165) is 5.69 Å². The van der Waals surface area contributed by atoms with Crippen LogP contribution in [0.2, 0.25) is 0 Å². The quantitative estimate of drug-likeness (QED) is 0.750. The number of hydrogen-bond acceptors (Lipinski definition) is 3. The first kappa shape index (κ1) is 9.72. The van der Waals surface area contributed by atoms with Crippen molar-refractivity contribution in [3.63, 3.8) is 0 Å². The van der Waals surface area contributed by atoms with Gasteiger partial charge in [0, 0.05) is 5.69 Å². The largest absolute Gasteiger partial charge is 0.330 e. The molecule has 0 bridgehead atoms. The summed E-state index contributed by atoms with van der Waals surface area (Å²) in [6, 6.07) is 9.42. The van der Waals surface area contributed by atoms with Gasteiger partial charge in [0.25, 0.3) is 11.1 Å². The van der Waals surface area contributed by atoms with Crippen molar-refractivity contribution in [2.45, 2.75) is 17.8 Å². The van der Waals surface area contributed by atoms with Crippen LogP contribution in [0.1, 0.15) is 6.92 Å². The highest BCUT2D eigenvalue weighted by molar-refractivity contribution is 8.14. The van der Waals surface area contributed by atoms with E-state index >= 15 is 0 Å². The SMILES string of the molecule is CC12NC(=O)SC1N(c1ccccc1)C2=O. The molecule has 4 nitrogen and oxygen atoms in total. The summed E-state index contributed by atoms with van der Waals surface area (Å²) in [6.07, 6.45) is 0. The van der Waals surface area contributed by atoms with Crippen LogP contribution in [0.25, 0.3) is 0 Å². The Bertz CT molecular complexity index is 476. The molecular weight excluding hydrogens is 224 g/mol. The van der Waals surface area contributed by atoms with Gasteiger partial charge in [-0.15, -0.1) is 0 Å². The zero-order chi connectivity index (χ0) is 11.3. The molecule has 1 N–H and O–H groups in total. The molecular formula is C11H10N2O2S. The summed E-state index contributed by atoms with van der Waals surface area (Å²) in [5.74, 6) is -0.0398. The number of nitrogens with zero attached hydrogens (tertiary/aromatic N) is 1. The number of nitrogens with one attached hydrogen (secondary N) is 1. The Morgan fingerprint density at radius 3 is 2.69 bits per heavy atom. The van der Waals surface area contributed by atoms with Crippen molar-refractivity contribution >= 4 is 28.6 Å². The molecule has 0 aliphatic carbocycles. The summed E-state index contributed by atoms with van der Waals surface area (Å²) in [6.45, 7) is 1.78. The molecule has 2 aliphatic heterocycles. The van der Waals surface area contributed by atoms with E-state index in [4.69, 9.17) is 0 Å². The second kappa shape index (κ2) is 3.01. The normalized spacial score (nSPS) is 32.1. The Morgan fingerprint density at radius 2 is 2.00 bits per heavy atom. The van der Waals surface area contributed by atoms with E-state index in [9.17, 15) is 9.59 Å². The number of amides is 2. The van der Waals surface area contributed by atoms with Gasteiger partial charge < -0.3 is 5.32 Å². The van der Waals surface area contributed by atoms with Crippen molar-refractivity contribution in [2.75, 3.05) is 4.90 Å². The Hall–Kier alpha value is -1.49.